The van der Waals surface area contributed by atoms with Gasteiger partial charge in [-0.25, -0.2) is 13.6 Å². The standard InChI is InChI=1S/C31H33F2NO3/c1-2-36-29(35)16-17-31(26-6-4-3-5-7-26)18-20-34(21-19-31)22-23-37-30(24-8-12-27(32)13-9-24)25-10-14-28(33)15-11-25/h3-17,30H,2,18-23H2,1H3/b17-16+. The van der Waals surface area contributed by atoms with Crippen LogP contribution in [-0.4, -0.2) is 43.7 Å². The van der Waals surface area contributed by atoms with Crippen molar-refractivity contribution in [3.8, 4) is 0 Å². The first-order valence-corrected chi connectivity index (χ1v) is 12.8. The highest BCUT2D eigenvalue weighted by molar-refractivity contribution is 5.82. The zero-order valence-electron chi connectivity index (χ0n) is 21.1. The lowest BCUT2D eigenvalue weighted by Crippen LogP contribution is -2.43. The van der Waals surface area contributed by atoms with Crippen molar-refractivity contribution >= 4 is 5.97 Å². The maximum atomic E-state index is 13.5. The molecular formula is C31H33F2NO3. The minimum Gasteiger partial charge on any atom is -0.463 e. The van der Waals surface area contributed by atoms with Gasteiger partial charge in [0.05, 0.1) is 13.2 Å². The zero-order valence-corrected chi connectivity index (χ0v) is 21.1. The third-order valence-corrected chi connectivity index (χ3v) is 6.96. The van der Waals surface area contributed by atoms with Gasteiger partial charge in [-0.3, -0.25) is 0 Å². The van der Waals surface area contributed by atoms with Gasteiger partial charge >= 0.3 is 5.97 Å². The first-order chi connectivity index (χ1) is 18.0. The van der Waals surface area contributed by atoms with Crippen molar-refractivity contribution in [2.75, 3.05) is 32.8 Å². The highest BCUT2D eigenvalue weighted by atomic mass is 19.1. The molecular weight excluding hydrogens is 472 g/mol. The number of carbonyl (C=O) groups excluding carboxylic acids is 1. The molecule has 194 valence electrons. The van der Waals surface area contributed by atoms with Gasteiger partial charge in [-0.05, 0) is 73.8 Å². The second kappa shape index (κ2) is 12.7. The molecule has 0 radical (unpaired) electrons. The maximum absolute atomic E-state index is 13.5. The summed E-state index contributed by atoms with van der Waals surface area (Å²) in [6.07, 6.45) is 4.89. The molecule has 0 atom stereocenters. The molecule has 0 N–H and O–H groups in total. The summed E-state index contributed by atoms with van der Waals surface area (Å²) in [6.45, 7) is 5.05. The van der Waals surface area contributed by atoms with Crippen LogP contribution in [0.15, 0.2) is 91.0 Å². The molecule has 1 aliphatic heterocycles. The van der Waals surface area contributed by atoms with Gasteiger partial charge in [0.15, 0.2) is 0 Å². The molecule has 0 spiro atoms. The Bertz CT molecular complexity index is 1110. The number of hydrogen-bond acceptors (Lipinski definition) is 4. The number of piperidine rings is 1. The summed E-state index contributed by atoms with van der Waals surface area (Å²) >= 11 is 0. The van der Waals surface area contributed by atoms with Gasteiger partial charge in [0.2, 0.25) is 0 Å². The number of halogens is 2. The quantitative estimate of drug-likeness (QED) is 0.242. The highest BCUT2D eigenvalue weighted by Gasteiger charge is 2.34. The Morgan fingerprint density at radius 3 is 2.03 bits per heavy atom. The lowest BCUT2D eigenvalue weighted by Gasteiger charge is -2.40. The van der Waals surface area contributed by atoms with E-state index in [0.29, 0.717) is 13.2 Å². The summed E-state index contributed by atoms with van der Waals surface area (Å²) in [6, 6.07) is 22.7. The van der Waals surface area contributed by atoms with E-state index in [4.69, 9.17) is 9.47 Å². The van der Waals surface area contributed by atoms with E-state index in [1.54, 1.807) is 37.3 Å². The summed E-state index contributed by atoms with van der Waals surface area (Å²) < 4.78 is 38.4. The Balaban J connectivity index is 1.40. The van der Waals surface area contributed by atoms with E-state index >= 15 is 0 Å². The normalized spacial score (nSPS) is 15.8. The number of rotatable bonds is 10. The molecule has 1 aliphatic rings. The molecule has 37 heavy (non-hydrogen) atoms. The largest absolute Gasteiger partial charge is 0.463 e. The van der Waals surface area contributed by atoms with Crippen molar-refractivity contribution in [3.63, 3.8) is 0 Å². The summed E-state index contributed by atoms with van der Waals surface area (Å²) in [7, 11) is 0. The molecule has 0 amide bonds. The molecule has 0 aliphatic carbocycles. The number of allylic oxidation sites excluding steroid dienone is 1. The van der Waals surface area contributed by atoms with E-state index in [1.165, 1.54) is 29.8 Å². The third-order valence-electron chi connectivity index (χ3n) is 6.96. The first-order valence-electron chi connectivity index (χ1n) is 12.8. The van der Waals surface area contributed by atoms with E-state index in [1.807, 2.05) is 24.3 Å². The van der Waals surface area contributed by atoms with E-state index in [2.05, 4.69) is 17.0 Å². The fourth-order valence-electron chi connectivity index (χ4n) is 4.87. The number of ether oxygens (including phenoxy) is 2. The average Bonchev–Trinajstić information content (AvgIpc) is 2.93. The maximum Gasteiger partial charge on any atom is 0.330 e. The van der Waals surface area contributed by atoms with Crippen molar-refractivity contribution < 1.29 is 23.0 Å². The summed E-state index contributed by atoms with van der Waals surface area (Å²) in [5, 5.41) is 0. The Hall–Kier alpha value is -3.35. The number of nitrogens with zero attached hydrogens (tertiary/aromatic N) is 1. The van der Waals surface area contributed by atoms with Crippen molar-refractivity contribution in [1.29, 1.82) is 0 Å². The number of hydrogen-bond donors (Lipinski definition) is 0. The van der Waals surface area contributed by atoms with Gasteiger partial charge in [0.1, 0.15) is 17.7 Å². The van der Waals surface area contributed by atoms with E-state index in [0.717, 1.165) is 43.6 Å². The minimum absolute atomic E-state index is 0.226. The van der Waals surface area contributed by atoms with Crippen LogP contribution in [0.25, 0.3) is 0 Å². The van der Waals surface area contributed by atoms with Gasteiger partial charge in [0.25, 0.3) is 0 Å². The van der Waals surface area contributed by atoms with Crippen LogP contribution < -0.4 is 0 Å². The predicted molar refractivity (Wildman–Crippen MR) is 140 cm³/mol. The summed E-state index contributed by atoms with van der Waals surface area (Å²) in [4.78, 5) is 14.4. The van der Waals surface area contributed by atoms with Gasteiger partial charge in [-0.15, -0.1) is 0 Å². The first kappa shape index (κ1) is 26.7. The van der Waals surface area contributed by atoms with Crippen molar-refractivity contribution in [2.45, 2.75) is 31.3 Å². The monoisotopic (exact) mass is 505 g/mol. The number of benzene rings is 3. The van der Waals surface area contributed by atoms with Crippen molar-refractivity contribution in [3.05, 3.63) is 119 Å². The van der Waals surface area contributed by atoms with Crippen molar-refractivity contribution in [2.24, 2.45) is 0 Å². The molecule has 6 heteroatoms. The van der Waals surface area contributed by atoms with Crippen LogP contribution >= 0.6 is 0 Å². The molecule has 0 aromatic heterocycles. The van der Waals surface area contributed by atoms with Crippen LogP contribution in [0.2, 0.25) is 0 Å². The molecule has 1 saturated heterocycles. The second-order valence-electron chi connectivity index (χ2n) is 9.30. The van der Waals surface area contributed by atoms with Crippen LogP contribution in [0.5, 0.6) is 0 Å². The smallest absolute Gasteiger partial charge is 0.330 e. The van der Waals surface area contributed by atoms with Gasteiger partial charge in [0, 0.05) is 18.0 Å². The molecule has 4 rings (SSSR count). The van der Waals surface area contributed by atoms with E-state index < -0.39 is 6.10 Å². The van der Waals surface area contributed by atoms with Crippen LogP contribution in [0.4, 0.5) is 8.78 Å². The van der Waals surface area contributed by atoms with Gasteiger partial charge in [-0.1, -0.05) is 60.7 Å². The second-order valence-corrected chi connectivity index (χ2v) is 9.30. The SMILES string of the molecule is CCOC(=O)/C=C/C1(c2ccccc2)CCN(CCOC(c2ccc(F)cc2)c2ccc(F)cc2)CC1. The van der Waals surface area contributed by atoms with Crippen LogP contribution in [0, 0.1) is 11.6 Å². The fraction of sp³-hybridized carbons (Fsp3) is 0.323. The fourth-order valence-corrected chi connectivity index (χ4v) is 4.87. The molecule has 0 bridgehead atoms. The molecule has 1 heterocycles. The van der Waals surface area contributed by atoms with Gasteiger partial charge < -0.3 is 14.4 Å². The Morgan fingerprint density at radius 2 is 1.49 bits per heavy atom. The number of carbonyl (C=O) groups is 1. The lowest BCUT2D eigenvalue weighted by atomic mass is 9.72. The molecule has 4 nitrogen and oxygen atoms in total. The summed E-state index contributed by atoms with van der Waals surface area (Å²) in [5.74, 6) is -0.941. The van der Waals surface area contributed by atoms with Crippen LogP contribution in [0.1, 0.15) is 42.6 Å². The molecule has 0 unspecified atom stereocenters. The Morgan fingerprint density at radius 1 is 0.919 bits per heavy atom. The average molecular weight is 506 g/mol. The molecule has 3 aromatic carbocycles. The van der Waals surface area contributed by atoms with Crippen LogP contribution in [0.3, 0.4) is 0 Å². The molecule has 3 aromatic rings. The van der Waals surface area contributed by atoms with Gasteiger partial charge in [-0.2, -0.15) is 0 Å². The Labute approximate surface area is 217 Å². The molecule has 1 fully saturated rings. The van der Waals surface area contributed by atoms with Crippen molar-refractivity contribution in [1.82, 2.24) is 4.90 Å². The topological polar surface area (TPSA) is 38.8 Å². The lowest BCUT2D eigenvalue weighted by molar-refractivity contribution is -0.137. The van der Waals surface area contributed by atoms with E-state index in [9.17, 15) is 13.6 Å². The molecule has 0 saturated carbocycles. The Kier molecular flexibility index (Phi) is 9.20. The zero-order chi connectivity index (χ0) is 26.1. The summed E-state index contributed by atoms with van der Waals surface area (Å²) in [5.41, 5.74) is 2.60. The predicted octanol–water partition coefficient (Wildman–Crippen LogP) is 6.22. The van der Waals surface area contributed by atoms with Crippen LogP contribution in [-0.2, 0) is 19.7 Å². The highest BCUT2D eigenvalue weighted by Crippen LogP contribution is 2.37. The minimum atomic E-state index is -0.415. The number of likely N-dealkylation sites (tertiary alicyclic amines) is 1. The number of esters is 1. The third kappa shape index (κ3) is 7.12. The van der Waals surface area contributed by atoms with E-state index in [-0.39, 0.29) is 23.0 Å².